The summed E-state index contributed by atoms with van der Waals surface area (Å²) >= 11 is 0. The van der Waals surface area contributed by atoms with Crippen molar-refractivity contribution in [2.24, 2.45) is 5.92 Å². The first-order valence-electron chi connectivity index (χ1n) is 8.52. The smallest absolute Gasteiger partial charge is 0.00233 e. The van der Waals surface area contributed by atoms with E-state index in [4.69, 9.17) is 0 Å². The normalized spacial score (nSPS) is 12.8. The van der Waals surface area contributed by atoms with Crippen molar-refractivity contribution in [2.75, 3.05) is 13.1 Å². The minimum Gasteiger partial charge on any atom is -0.317 e. The van der Waals surface area contributed by atoms with Crippen molar-refractivity contribution in [3.8, 4) is 0 Å². The summed E-state index contributed by atoms with van der Waals surface area (Å²) < 4.78 is 0. The second-order valence-electron chi connectivity index (χ2n) is 5.88. The fourth-order valence-corrected chi connectivity index (χ4v) is 2.47. The van der Waals surface area contributed by atoms with Crippen molar-refractivity contribution >= 4 is 0 Å². The van der Waals surface area contributed by atoms with Crippen LogP contribution >= 0.6 is 0 Å². The molecule has 1 atom stereocenters. The highest BCUT2D eigenvalue weighted by molar-refractivity contribution is 4.57. The lowest BCUT2D eigenvalue weighted by Gasteiger charge is -2.11. The van der Waals surface area contributed by atoms with Crippen LogP contribution in [0.2, 0.25) is 0 Å². The van der Waals surface area contributed by atoms with Crippen molar-refractivity contribution in [3.63, 3.8) is 0 Å². The molecule has 1 heteroatoms. The van der Waals surface area contributed by atoms with Gasteiger partial charge >= 0.3 is 0 Å². The van der Waals surface area contributed by atoms with Crippen LogP contribution in [0, 0.1) is 5.92 Å². The average Bonchev–Trinajstić information content (AvgIpc) is 2.38. The standard InChI is InChI=1S/C17H37N/c1-4-6-7-8-9-10-11-12-13-14-15-17(3)16-18-5-2/h17-18H,4-16H2,1-3H3. The monoisotopic (exact) mass is 255 g/mol. The third-order valence-electron chi connectivity index (χ3n) is 3.79. The minimum atomic E-state index is 0.860. The molecule has 0 bridgehead atoms. The Morgan fingerprint density at radius 1 is 0.722 bits per heavy atom. The highest BCUT2D eigenvalue weighted by Crippen LogP contribution is 2.13. The van der Waals surface area contributed by atoms with Gasteiger partial charge in [-0.25, -0.2) is 0 Å². The van der Waals surface area contributed by atoms with Gasteiger partial charge in [-0.15, -0.1) is 0 Å². The van der Waals surface area contributed by atoms with E-state index in [-0.39, 0.29) is 0 Å². The Hall–Kier alpha value is -0.0400. The van der Waals surface area contributed by atoms with Crippen LogP contribution in [0.5, 0.6) is 0 Å². The van der Waals surface area contributed by atoms with E-state index in [1.165, 1.54) is 77.2 Å². The molecule has 0 aliphatic rings. The van der Waals surface area contributed by atoms with Gasteiger partial charge in [-0.1, -0.05) is 85.0 Å². The molecule has 0 aromatic carbocycles. The summed E-state index contributed by atoms with van der Waals surface area (Å²) in [5.41, 5.74) is 0. The molecule has 1 unspecified atom stereocenters. The number of nitrogens with one attached hydrogen (secondary N) is 1. The second kappa shape index (κ2) is 15.0. The zero-order valence-electron chi connectivity index (χ0n) is 13.3. The molecular weight excluding hydrogens is 218 g/mol. The van der Waals surface area contributed by atoms with Crippen LogP contribution in [-0.4, -0.2) is 13.1 Å². The van der Waals surface area contributed by atoms with Crippen molar-refractivity contribution in [3.05, 3.63) is 0 Å². The largest absolute Gasteiger partial charge is 0.317 e. The van der Waals surface area contributed by atoms with Gasteiger partial charge in [-0.05, 0) is 25.4 Å². The molecule has 1 N–H and O–H groups in total. The minimum absolute atomic E-state index is 0.860. The SMILES string of the molecule is CCCCCCCCCCCCC(C)CNCC. The summed E-state index contributed by atoms with van der Waals surface area (Å²) in [7, 11) is 0. The molecule has 0 spiro atoms. The van der Waals surface area contributed by atoms with Crippen molar-refractivity contribution in [1.29, 1.82) is 0 Å². The lowest BCUT2D eigenvalue weighted by Crippen LogP contribution is -2.20. The van der Waals surface area contributed by atoms with Crippen molar-refractivity contribution in [1.82, 2.24) is 5.32 Å². The quantitative estimate of drug-likeness (QED) is 0.402. The van der Waals surface area contributed by atoms with Gasteiger partial charge in [0.05, 0.1) is 0 Å². The van der Waals surface area contributed by atoms with E-state index in [1.807, 2.05) is 0 Å². The number of hydrogen-bond donors (Lipinski definition) is 1. The maximum Gasteiger partial charge on any atom is -0.00233 e. The lowest BCUT2D eigenvalue weighted by molar-refractivity contribution is 0.454. The molecule has 1 nitrogen and oxygen atoms in total. The Labute approximate surface area is 116 Å². The van der Waals surface area contributed by atoms with Gasteiger partial charge in [0.15, 0.2) is 0 Å². The molecule has 0 heterocycles. The van der Waals surface area contributed by atoms with Gasteiger partial charge in [-0.3, -0.25) is 0 Å². The van der Waals surface area contributed by atoms with Crippen LogP contribution in [0.3, 0.4) is 0 Å². The van der Waals surface area contributed by atoms with E-state index in [1.54, 1.807) is 0 Å². The first-order chi connectivity index (χ1) is 8.81. The highest BCUT2D eigenvalue weighted by atomic mass is 14.8. The fraction of sp³-hybridized carbons (Fsp3) is 1.00. The van der Waals surface area contributed by atoms with Gasteiger partial charge in [0.25, 0.3) is 0 Å². The number of hydrogen-bond acceptors (Lipinski definition) is 1. The molecule has 110 valence electrons. The fourth-order valence-electron chi connectivity index (χ4n) is 2.47. The van der Waals surface area contributed by atoms with E-state index in [2.05, 4.69) is 26.1 Å². The van der Waals surface area contributed by atoms with Crippen LogP contribution in [0.15, 0.2) is 0 Å². The Morgan fingerprint density at radius 3 is 1.72 bits per heavy atom. The highest BCUT2D eigenvalue weighted by Gasteiger charge is 2.00. The molecule has 0 aromatic heterocycles. The molecule has 0 aliphatic carbocycles. The zero-order chi connectivity index (χ0) is 13.5. The topological polar surface area (TPSA) is 12.0 Å². The average molecular weight is 255 g/mol. The Balaban J connectivity index is 3.02. The van der Waals surface area contributed by atoms with Gasteiger partial charge in [-0.2, -0.15) is 0 Å². The first kappa shape index (κ1) is 18.0. The van der Waals surface area contributed by atoms with Crippen molar-refractivity contribution in [2.45, 2.75) is 91.4 Å². The van der Waals surface area contributed by atoms with E-state index < -0.39 is 0 Å². The second-order valence-corrected chi connectivity index (χ2v) is 5.88. The molecular formula is C17H37N. The number of rotatable bonds is 14. The van der Waals surface area contributed by atoms with Gasteiger partial charge in [0.2, 0.25) is 0 Å². The summed E-state index contributed by atoms with van der Waals surface area (Å²) in [6, 6.07) is 0. The van der Waals surface area contributed by atoms with Crippen molar-refractivity contribution < 1.29 is 0 Å². The Kier molecular flexibility index (Phi) is 15.0. The van der Waals surface area contributed by atoms with Gasteiger partial charge in [0, 0.05) is 0 Å². The molecule has 0 saturated heterocycles. The van der Waals surface area contributed by atoms with Crippen LogP contribution in [-0.2, 0) is 0 Å². The molecule has 0 fully saturated rings. The molecule has 0 amide bonds. The van der Waals surface area contributed by atoms with Crippen LogP contribution in [0.4, 0.5) is 0 Å². The van der Waals surface area contributed by atoms with Gasteiger partial charge in [0.1, 0.15) is 0 Å². The molecule has 18 heavy (non-hydrogen) atoms. The van der Waals surface area contributed by atoms with E-state index in [0.717, 1.165) is 12.5 Å². The summed E-state index contributed by atoms with van der Waals surface area (Å²) in [6.45, 7) is 9.16. The number of unbranched alkanes of at least 4 members (excludes halogenated alkanes) is 9. The third kappa shape index (κ3) is 14.0. The molecule has 0 aliphatic heterocycles. The first-order valence-corrected chi connectivity index (χ1v) is 8.52. The molecule has 0 saturated carbocycles. The maximum absolute atomic E-state index is 3.43. The van der Waals surface area contributed by atoms with E-state index in [9.17, 15) is 0 Å². The van der Waals surface area contributed by atoms with Crippen LogP contribution in [0.1, 0.15) is 91.4 Å². The maximum atomic E-state index is 3.43. The predicted octanol–water partition coefficient (Wildman–Crippen LogP) is 5.54. The lowest BCUT2D eigenvalue weighted by atomic mass is 10.0. The van der Waals surface area contributed by atoms with Gasteiger partial charge < -0.3 is 5.32 Å². The third-order valence-corrected chi connectivity index (χ3v) is 3.79. The van der Waals surface area contributed by atoms with E-state index >= 15 is 0 Å². The summed E-state index contributed by atoms with van der Waals surface area (Å²) in [6.07, 6.45) is 15.9. The summed E-state index contributed by atoms with van der Waals surface area (Å²) in [4.78, 5) is 0. The van der Waals surface area contributed by atoms with E-state index in [0.29, 0.717) is 0 Å². The predicted molar refractivity (Wildman–Crippen MR) is 84.2 cm³/mol. The van der Waals surface area contributed by atoms with Crippen LogP contribution < -0.4 is 5.32 Å². The molecule has 0 aromatic rings. The van der Waals surface area contributed by atoms with Crippen LogP contribution in [0.25, 0.3) is 0 Å². The zero-order valence-corrected chi connectivity index (χ0v) is 13.3. The Morgan fingerprint density at radius 2 is 1.22 bits per heavy atom. The molecule has 0 radical (unpaired) electrons. The summed E-state index contributed by atoms with van der Waals surface area (Å²) in [5, 5.41) is 3.43. The molecule has 0 rings (SSSR count). The summed E-state index contributed by atoms with van der Waals surface area (Å²) in [5.74, 6) is 0.860. The Bertz CT molecular complexity index is 145.